The maximum absolute atomic E-state index is 12.5. The second-order valence-corrected chi connectivity index (χ2v) is 5.88. The Morgan fingerprint density at radius 2 is 1.79 bits per heavy atom. The zero-order valence-corrected chi connectivity index (χ0v) is 14.0. The normalized spacial score (nSPS) is 11.9. The van der Waals surface area contributed by atoms with Crippen LogP contribution in [-0.4, -0.2) is 12.0 Å². The highest BCUT2D eigenvalue weighted by Gasteiger charge is 2.18. The van der Waals surface area contributed by atoms with Gasteiger partial charge in [0.05, 0.1) is 0 Å². The van der Waals surface area contributed by atoms with Crippen molar-refractivity contribution in [3.8, 4) is 5.75 Å². The Kier molecular flexibility index (Phi) is 4.80. The van der Waals surface area contributed by atoms with E-state index in [4.69, 9.17) is 4.74 Å². The van der Waals surface area contributed by atoms with Gasteiger partial charge in [-0.05, 0) is 53.9 Å². The third-order valence-corrected chi connectivity index (χ3v) is 3.95. The zero-order chi connectivity index (χ0) is 16.9. The summed E-state index contributed by atoms with van der Waals surface area (Å²) in [5, 5.41) is 5.18. The second-order valence-electron chi connectivity index (χ2n) is 5.88. The van der Waals surface area contributed by atoms with Gasteiger partial charge in [-0.15, -0.1) is 0 Å². The minimum absolute atomic E-state index is 0.128. The van der Waals surface area contributed by atoms with Gasteiger partial charge < -0.3 is 10.1 Å². The third kappa shape index (κ3) is 3.74. The Morgan fingerprint density at radius 1 is 1.00 bits per heavy atom. The molecule has 0 aromatic heterocycles. The molecule has 0 fully saturated rings. The Bertz CT molecular complexity index is 857. The standard InChI is InChI=1S/C21H21NO2/c1-3-20(21(23)22-18-10-6-7-15(2)13-18)24-19-12-11-16-8-4-5-9-17(16)14-19/h4-14,20H,3H2,1-2H3,(H,22,23). The van der Waals surface area contributed by atoms with Crippen LogP contribution in [0.15, 0.2) is 66.7 Å². The topological polar surface area (TPSA) is 38.3 Å². The Hall–Kier alpha value is -2.81. The smallest absolute Gasteiger partial charge is 0.265 e. The molecule has 0 radical (unpaired) electrons. The van der Waals surface area contributed by atoms with E-state index in [-0.39, 0.29) is 5.91 Å². The van der Waals surface area contributed by atoms with Gasteiger partial charge in [-0.2, -0.15) is 0 Å². The molecule has 3 nitrogen and oxygen atoms in total. The Morgan fingerprint density at radius 3 is 2.54 bits per heavy atom. The van der Waals surface area contributed by atoms with Crippen molar-refractivity contribution >= 4 is 22.4 Å². The maximum atomic E-state index is 12.5. The summed E-state index contributed by atoms with van der Waals surface area (Å²) in [5.41, 5.74) is 1.90. The molecule has 0 spiro atoms. The monoisotopic (exact) mass is 319 g/mol. The van der Waals surface area contributed by atoms with Gasteiger partial charge >= 0.3 is 0 Å². The summed E-state index contributed by atoms with van der Waals surface area (Å²) in [7, 11) is 0. The molecule has 3 rings (SSSR count). The minimum atomic E-state index is -0.522. The van der Waals surface area contributed by atoms with E-state index < -0.39 is 6.10 Å². The number of aryl methyl sites for hydroxylation is 1. The van der Waals surface area contributed by atoms with Crippen LogP contribution in [0, 0.1) is 6.92 Å². The third-order valence-electron chi connectivity index (χ3n) is 3.95. The largest absolute Gasteiger partial charge is 0.481 e. The van der Waals surface area contributed by atoms with Crippen LogP contribution < -0.4 is 10.1 Å². The number of hydrogen-bond acceptors (Lipinski definition) is 2. The first-order valence-electron chi connectivity index (χ1n) is 8.18. The van der Waals surface area contributed by atoms with Gasteiger partial charge in [0, 0.05) is 5.69 Å². The van der Waals surface area contributed by atoms with Crippen molar-refractivity contribution in [3.63, 3.8) is 0 Å². The van der Waals surface area contributed by atoms with Crippen LogP contribution in [0.25, 0.3) is 10.8 Å². The maximum Gasteiger partial charge on any atom is 0.265 e. The van der Waals surface area contributed by atoms with E-state index in [9.17, 15) is 4.79 Å². The number of benzene rings is 3. The Balaban J connectivity index is 1.74. The summed E-state index contributed by atoms with van der Waals surface area (Å²) < 4.78 is 5.92. The fraction of sp³-hybridized carbons (Fsp3) is 0.190. The number of carbonyl (C=O) groups excluding carboxylic acids is 1. The van der Waals surface area contributed by atoms with Crippen LogP contribution in [0.2, 0.25) is 0 Å². The average molecular weight is 319 g/mol. The molecule has 0 saturated heterocycles. The van der Waals surface area contributed by atoms with E-state index in [0.29, 0.717) is 12.2 Å². The van der Waals surface area contributed by atoms with E-state index in [2.05, 4.69) is 11.4 Å². The van der Waals surface area contributed by atoms with Gasteiger partial charge in [0.25, 0.3) is 5.91 Å². The van der Waals surface area contributed by atoms with Crippen LogP contribution in [0.1, 0.15) is 18.9 Å². The molecule has 0 aliphatic rings. The molecule has 0 heterocycles. The summed E-state index contributed by atoms with van der Waals surface area (Å²) in [6.45, 7) is 3.94. The molecular formula is C21H21NO2. The molecule has 24 heavy (non-hydrogen) atoms. The van der Waals surface area contributed by atoms with Crippen molar-refractivity contribution in [2.75, 3.05) is 5.32 Å². The SMILES string of the molecule is CCC(Oc1ccc2ccccc2c1)C(=O)Nc1cccc(C)c1. The van der Waals surface area contributed by atoms with Gasteiger partial charge in [0.15, 0.2) is 6.10 Å². The molecule has 3 aromatic rings. The molecule has 0 aliphatic heterocycles. The molecular weight excluding hydrogens is 298 g/mol. The fourth-order valence-electron chi connectivity index (χ4n) is 2.67. The van der Waals surface area contributed by atoms with Crippen LogP contribution in [0.5, 0.6) is 5.75 Å². The van der Waals surface area contributed by atoms with Crippen LogP contribution in [0.3, 0.4) is 0 Å². The molecule has 1 amide bonds. The second kappa shape index (κ2) is 7.18. The lowest BCUT2D eigenvalue weighted by Crippen LogP contribution is -2.32. The molecule has 3 aromatic carbocycles. The molecule has 1 atom stereocenters. The molecule has 0 aliphatic carbocycles. The van der Waals surface area contributed by atoms with Gasteiger partial charge in [-0.1, -0.05) is 49.4 Å². The van der Waals surface area contributed by atoms with E-state index in [0.717, 1.165) is 22.0 Å². The van der Waals surface area contributed by atoms with Crippen molar-refractivity contribution in [2.24, 2.45) is 0 Å². The fourth-order valence-corrected chi connectivity index (χ4v) is 2.67. The molecule has 122 valence electrons. The van der Waals surface area contributed by atoms with Crippen molar-refractivity contribution in [2.45, 2.75) is 26.4 Å². The van der Waals surface area contributed by atoms with E-state index in [1.807, 2.05) is 74.5 Å². The molecule has 1 N–H and O–H groups in total. The molecule has 3 heteroatoms. The summed E-state index contributed by atoms with van der Waals surface area (Å²) >= 11 is 0. The van der Waals surface area contributed by atoms with Crippen LogP contribution in [-0.2, 0) is 4.79 Å². The summed E-state index contributed by atoms with van der Waals surface area (Å²) in [6, 6.07) is 21.7. The number of amides is 1. The molecule has 0 bridgehead atoms. The minimum Gasteiger partial charge on any atom is -0.481 e. The lowest BCUT2D eigenvalue weighted by Gasteiger charge is -2.18. The van der Waals surface area contributed by atoms with E-state index in [1.165, 1.54) is 0 Å². The highest BCUT2D eigenvalue weighted by Crippen LogP contribution is 2.22. The predicted molar refractivity (Wildman–Crippen MR) is 98.5 cm³/mol. The summed E-state index contributed by atoms with van der Waals surface area (Å²) in [4.78, 5) is 12.5. The first-order chi connectivity index (χ1) is 11.7. The molecule has 0 saturated carbocycles. The number of fused-ring (bicyclic) bond motifs is 1. The first kappa shape index (κ1) is 16.1. The number of hydrogen-bond donors (Lipinski definition) is 1. The zero-order valence-electron chi connectivity index (χ0n) is 14.0. The van der Waals surface area contributed by atoms with Crippen LogP contribution >= 0.6 is 0 Å². The van der Waals surface area contributed by atoms with Gasteiger partial charge in [-0.25, -0.2) is 0 Å². The van der Waals surface area contributed by atoms with Gasteiger partial charge in [-0.3, -0.25) is 4.79 Å². The van der Waals surface area contributed by atoms with Gasteiger partial charge in [0.2, 0.25) is 0 Å². The summed E-state index contributed by atoms with van der Waals surface area (Å²) in [6.07, 6.45) is 0.0801. The highest BCUT2D eigenvalue weighted by molar-refractivity contribution is 5.94. The number of nitrogens with one attached hydrogen (secondary N) is 1. The van der Waals surface area contributed by atoms with Crippen molar-refractivity contribution in [1.82, 2.24) is 0 Å². The molecule has 1 unspecified atom stereocenters. The Labute approximate surface area is 142 Å². The van der Waals surface area contributed by atoms with Crippen molar-refractivity contribution in [3.05, 3.63) is 72.3 Å². The van der Waals surface area contributed by atoms with Gasteiger partial charge in [0.1, 0.15) is 5.75 Å². The highest BCUT2D eigenvalue weighted by atomic mass is 16.5. The summed E-state index contributed by atoms with van der Waals surface area (Å²) in [5.74, 6) is 0.580. The number of carbonyl (C=O) groups is 1. The van der Waals surface area contributed by atoms with Crippen LogP contribution in [0.4, 0.5) is 5.69 Å². The lowest BCUT2D eigenvalue weighted by molar-refractivity contribution is -0.122. The van der Waals surface area contributed by atoms with E-state index >= 15 is 0 Å². The number of ether oxygens (including phenoxy) is 1. The quantitative estimate of drug-likeness (QED) is 0.723. The number of rotatable bonds is 5. The number of anilines is 1. The average Bonchev–Trinajstić information content (AvgIpc) is 2.59. The lowest BCUT2D eigenvalue weighted by atomic mass is 10.1. The predicted octanol–water partition coefficient (Wildman–Crippen LogP) is 4.94. The van der Waals surface area contributed by atoms with E-state index in [1.54, 1.807) is 0 Å². The van der Waals surface area contributed by atoms with Crippen molar-refractivity contribution in [1.29, 1.82) is 0 Å². The first-order valence-corrected chi connectivity index (χ1v) is 8.18. The van der Waals surface area contributed by atoms with Crippen molar-refractivity contribution < 1.29 is 9.53 Å².